The average molecular weight is 290 g/mol. The minimum absolute atomic E-state index is 0.258. The Kier molecular flexibility index (Phi) is 3.80. The number of rotatable bonds is 2. The predicted molar refractivity (Wildman–Crippen MR) is 83.1 cm³/mol. The summed E-state index contributed by atoms with van der Waals surface area (Å²) in [6, 6.07) is 0.258. The van der Waals surface area contributed by atoms with E-state index >= 15 is 0 Å². The van der Waals surface area contributed by atoms with Crippen molar-refractivity contribution in [2.75, 3.05) is 0 Å². The summed E-state index contributed by atoms with van der Waals surface area (Å²) >= 11 is 0. The monoisotopic (exact) mass is 290 g/mol. The van der Waals surface area contributed by atoms with E-state index in [4.69, 9.17) is 4.84 Å². The number of carbonyl (C=O) groups is 1. The van der Waals surface area contributed by atoms with Crippen molar-refractivity contribution in [2.24, 2.45) is 22.4 Å². The van der Waals surface area contributed by atoms with Crippen LogP contribution in [-0.4, -0.2) is 17.8 Å². The van der Waals surface area contributed by atoms with Gasteiger partial charge in [0.25, 0.3) is 0 Å². The van der Waals surface area contributed by atoms with Crippen LogP contribution < -0.4 is 5.32 Å². The number of allylic oxidation sites excluding steroid dienone is 1. The van der Waals surface area contributed by atoms with Crippen LogP contribution in [0.3, 0.4) is 0 Å². The molecule has 4 aliphatic rings. The van der Waals surface area contributed by atoms with Crippen molar-refractivity contribution in [2.45, 2.75) is 64.8 Å². The Labute approximate surface area is 127 Å². The highest BCUT2D eigenvalue weighted by atomic mass is 16.7. The lowest BCUT2D eigenvalue weighted by molar-refractivity contribution is 0.000478. The summed E-state index contributed by atoms with van der Waals surface area (Å²) in [7, 11) is 0. The second-order valence-corrected chi connectivity index (χ2v) is 7.43. The van der Waals surface area contributed by atoms with Crippen LogP contribution in [-0.2, 0) is 4.84 Å². The SMILES string of the molecule is C=C1/C(=N\OC(=O)NC2CCCCC2)C[C@@H]2C[C@H]1C2(C)C. The third-order valence-corrected chi connectivity index (χ3v) is 5.87. The fourth-order valence-electron chi connectivity index (χ4n) is 4.15. The fraction of sp³-hybridized carbons (Fsp3) is 0.765. The quantitative estimate of drug-likeness (QED) is 0.616. The Morgan fingerprint density at radius 3 is 2.67 bits per heavy atom. The van der Waals surface area contributed by atoms with Gasteiger partial charge in [-0.05, 0) is 48.5 Å². The first-order valence-electron chi connectivity index (χ1n) is 8.22. The standard InChI is InChI=1S/C17H26N2O2/c1-11-14-9-12(17(14,2)3)10-15(11)19-21-16(20)18-13-7-5-4-6-8-13/h12-14H,1,4-10H2,2-3H3,(H,18,20)/b19-15-/t12-,14+/m0/s1. The number of amides is 1. The van der Waals surface area contributed by atoms with Gasteiger partial charge < -0.3 is 5.32 Å². The normalized spacial score (nSPS) is 33.4. The Morgan fingerprint density at radius 1 is 1.33 bits per heavy atom. The third kappa shape index (κ3) is 2.72. The zero-order valence-corrected chi connectivity index (χ0v) is 13.2. The molecule has 2 atom stereocenters. The van der Waals surface area contributed by atoms with E-state index < -0.39 is 6.09 Å². The molecule has 1 N–H and O–H groups in total. The maximum Gasteiger partial charge on any atom is 0.433 e. The molecule has 0 aromatic carbocycles. The summed E-state index contributed by atoms with van der Waals surface area (Å²) in [6.07, 6.45) is 7.43. The third-order valence-electron chi connectivity index (χ3n) is 5.87. The van der Waals surface area contributed by atoms with Crippen molar-refractivity contribution >= 4 is 11.8 Å². The van der Waals surface area contributed by atoms with Gasteiger partial charge in [-0.1, -0.05) is 44.8 Å². The molecule has 4 nitrogen and oxygen atoms in total. The number of carbonyl (C=O) groups excluding carboxylic acids is 1. The number of fused-ring (bicyclic) bond motifs is 2. The van der Waals surface area contributed by atoms with Gasteiger partial charge in [-0.25, -0.2) is 4.79 Å². The second kappa shape index (κ2) is 5.47. The number of nitrogens with zero attached hydrogens (tertiary/aromatic N) is 1. The summed E-state index contributed by atoms with van der Waals surface area (Å²) < 4.78 is 0. The minimum Gasteiger partial charge on any atom is -0.317 e. The zero-order chi connectivity index (χ0) is 15.0. The summed E-state index contributed by atoms with van der Waals surface area (Å²) in [4.78, 5) is 16.9. The summed E-state index contributed by atoms with van der Waals surface area (Å²) in [5.41, 5.74) is 2.28. The molecule has 0 heterocycles. The molecule has 0 unspecified atom stereocenters. The van der Waals surface area contributed by atoms with E-state index in [1.54, 1.807) is 0 Å². The van der Waals surface area contributed by atoms with Gasteiger partial charge >= 0.3 is 6.09 Å². The molecule has 4 saturated carbocycles. The van der Waals surface area contributed by atoms with Gasteiger partial charge in [-0.2, -0.15) is 0 Å². The molecule has 0 spiro atoms. The van der Waals surface area contributed by atoms with Gasteiger partial charge in [0.2, 0.25) is 0 Å². The molecule has 0 aromatic rings. The molecule has 0 radical (unpaired) electrons. The molecular weight excluding hydrogens is 264 g/mol. The molecule has 0 aromatic heterocycles. The van der Waals surface area contributed by atoms with Gasteiger partial charge in [-0.3, -0.25) is 4.84 Å². The van der Waals surface area contributed by atoms with Crippen molar-refractivity contribution < 1.29 is 9.63 Å². The maximum atomic E-state index is 11.8. The van der Waals surface area contributed by atoms with Gasteiger partial charge in [-0.15, -0.1) is 0 Å². The second-order valence-electron chi connectivity index (χ2n) is 7.43. The fourth-order valence-corrected chi connectivity index (χ4v) is 4.15. The number of oxime groups is 1. The van der Waals surface area contributed by atoms with Gasteiger partial charge in [0.15, 0.2) is 0 Å². The molecule has 4 heteroatoms. The zero-order valence-electron chi connectivity index (χ0n) is 13.2. The first-order valence-corrected chi connectivity index (χ1v) is 8.22. The lowest BCUT2D eigenvalue weighted by Gasteiger charge is -2.57. The first-order chi connectivity index (χ1) is 9.98. The van der Waals surface area contributed by atoms with Crippen LogP contribution in [0.5, 0.6) is 0 Å². The highest BCUT2D eigenvalue weighted by Crippen LogP contribution is 2.59. The van der Waals surface area contributed by atoms with Crippen molar-refractivity contribution in [1.29, 1.82) is 0 Å². The van der Waals surface area contributed by atoms with Crippen molar-refractivity contribution in [3.8, 4) is 0 Å². The van der Waals surface area contributed by atoms with Crippen LogP contribution in [0.1, 0.15) is 58.8 Å². The lowest BCUT2D eigenvalue weighted by Crippen LogP contribution is -2.52. The van der Waals surface area contributed by atoms with E-state index in [9.17, 15) is 4.79 Å². The summed E-state index contributed by atoms with van der Waals surface area (Å²) in [5.74, 6) is 1.15. The van der Waals surface area contributed by atoms with Gasteiger partial charge in [0.1, 0.15) is 0 Å². The highest BCUT2D eigenvalue weighted by molar-refractivity contribution is 6.02. The average Bonchev–Trinajstić information content (AvgIpc) is 2.46. The Hall–Kier alpha value is -1.32. The van der Waals surface area contributed by atoms with E-state index in [0.29, 0.717) is 17.3 Å². The van der Waals surface area contributed by atoms with E-state index in [0.717, 1.165) is 30.5 Å². The highest BCUT2D eigenvalue weighted by Gasteiger charge is 2.54. The Balaban J connectivity index is 1.52. The Morgan fingerprint density at radius 2 is 2.05 bits per heavy atom. The van der Waals surface area contributed by atoms with E-state index in [-0.39, 0.29) is 6.04 Å². The molecule has 21 heavy (non-hydrogen) atoms. The largest absolute Gasteiger partial charge is 0.433 e. The van der Waals surface area contributed by atoms with Crippen molar-refractivity contribution in [1.82, 2.24) is 5.32 Å². The van der Waals surface area contributed by atoms with Crippen molar-refractivity contribution in [3.05, 3.63) is 12.2 Å². The molecular formula is C17H26N2O2. The van der Waals surface area contributed by atoms with E-state index in [1.807, 2.05) is 0 Å². The number of hydrogen-bond donors (Lipinski definition) is 1. The number of nitrogens with one attached hydrogen (secondary N) is 1. The van der Waals surface area contributed by atoms with Crippen LogP contribution in [0.4, 0.5) is 4.79 Å². The summed E-state index contributed by atoms with van der Waals surface area (Å²) in [5, 5.41) is 7.00. The molecule has 0 aliphatic heterocycles. The van der Waals surface area contributed by atoms with Crippen LogP contribution in [0.2, 0.25) is 0 Å². The van der Waals surface area contributed by atoms with Crippen LogP contribution in [0, 0.1) is 17.3 Å². The number of hydrogen-bond acceptors (Lipinski definition) is 3. The lowest BCUT2D eigenvalue weighted by atomic mass is 9.47. The maximum absolute atomic E-state index is 11.8. The van der Waals surface area contributed by atoms with E-state index in [2.05, 4.69) is 30.9 Å². The molecule has 1 amide bonds. The molecule has 116 valence electrons. The molecule has 4 fully saturated rings. The van der Waals surface area contributed by atoms with E-state index in [1.165, 1.54) is 25.7 Å². The predicted octanol–water partition coefficient (Wildman–Crippen LogP) is 4.02. The topological polar surface area (TPSA) is 50.7 Å². The van der Waals surface area contributed by atoms with Crippen LogP contribution in [0.15, 0.2) is 17.3 Å². The van der Waals surface area contributed by atoms with Crippen LogP contribution >= 0.6 is 0 Å². The van der Waals surface area contributed by atoms with Crippen molar-refractivity contribution in [3.63, 3.8) is 0 Å². The van der Waals surface area contributed by atoms with Gasteiger partial charge in [0, 0.05) is 6.04 Å². The summed E-state index contributed by atoms with van der Waals surface area (Å²) in [6.45, 7) is 8.75. The smallest absolute Gasteiger partial charge is 0.317 e. The molecule has 0 saturated heterocycles. The molecule has 4 aliphatic carbocycles. The molecule has 2 bridgehead atoms. The minimum atomic E-state index is -0.416. The van der Waals surface area contributed by atoms with Crippen LogP contribution in [0.25, 0.3) is 0 Å². The van der Waals surface area contributed by atoms with Gasteiger partial charge in [0.05, 0.1) is 5.71 Å². The molecule has 4 rings (SSSR count). The first kappa shape index (κ1) is 14.6. The Bertz CT molecular complexity index is 475.